The largest absolute Gasteiger partial charge is 0.383 e. The number of benzene rings is 3. The molecule has 1 aliphatic heterocycles. The smallest absolute Gasteiger partial charge is 0.345 e. The second-order valence-corrected chi connectivity index (χ2v) is 9.40. The lowest BCUT2D eigenvalue weighted by Crippen LogP contribution is -2.57. The average molecular weight is 532 g/mol. The minimum atomic E-state index is -2.91. The van der Waals surface area contributed by atoms with Gasteiger partial charge >= 0.3 is 6.03 Å². The number of hydrogen-bond acceptors (Lipinski definition) is 3. The molecule has 1 fully saturated rings. The molecule has 0 unspecified atom stereocenters. The number of pyridine rings is 1. The first-order valence-corrected chi connectivity index (χ1v) is 12.3. The summed E-state index contributed by atoms with van der Waals surface area (Å²) < 4.78 is 26.6. The summed E-state index contributed by atoms with van der Waals surface area (Å²) in [5.41, 5.74) is 8.93. The summed E-state index contributed by atoms with van der Waals surface area (Å²) in [5, 5.41) is 3.84. The van der Waals surface area contributed by atoms with E-state index in [2.05, 4.69) is 15.3 Å². The molecule has 3 N–H and O–H groups in total. The number of hydrogen-bond donors (Lipinski definition) is 2. The molecule has 1 aromatic heterocycles. The van der Waals surface area contributed by atoms with Gasteiger partial charge in [0.05, 0.1) is 24.3 Å². The van der Waals surface area contributed by atoms with Crippen LogP contribution in [0.1, 0.15) is 22.3 Å². The Bertz CT molecular complexity index is 1360. The van der Waals surface area contributed by atoms with E-state index in [9.17, 15) is 13.6 Å². The van der Waals surface area contributed by atoms with Gasteiger partial charge < -0.3 is 16.0 Å². The molecule has 0 radical (unpaired) electrons. The SMILES string of the molecule is NC(=NC(=O)N1CC(F)(F)C1)c1cnc(Cl)cc1NC(c1ccccc1)(c1ccccc1)c1ccccc1. The highest BCUT2D eigenvalue weighted by atomic mass is 35.5. The Morgan fingerprint density at radius 1 is 0.921 bits per heavy atom. The number of carbonyl (C=O) groups excluding carboxylic acids is 1. The first kappa shape index (κ1) is 25.4. The van der Waals surface area contributed by atoms with Gasteiger partial charge in [-0.05, 0) is 22.8 Å². The number of anilines is 1. The van der Waals surface area contributed by atoms with Gasteiger partial charge in [-0.15, -0.1) is 0 Å². The molecular weight excluding hydrogens is 508 g/mol. The molecule has 0 bridgehead atoms. The zero-order valence-corrected chi connectivity index (χ0v) is 20.9. The molecule has 0 atom stereocenters. The van der Waals surface area contributed by atoms with Crippen LogP contribution in [0.2, 0.25) is 5.15 Å². The van der Waals surface area contributed by atoms with Gasteiger partial charge in [0.2, 0.25) is 0 Å². The van der Waals surface area contributed by atoms with Crippen molar-refractivity contribution in [2.45, 2.75) is 11.5 Å². The molecule has 1 aliphatic rings. The number of aliphatic imine (C=N–C) groups is 1. The van der Waals surface area contributed by atoms with Crippen LogP contribution in [0, 0.1) is 0 Å². The summed E-state index contributed by atoms with van der Waals surface area (Å²) in [4.78, 5) is 21.5. The van der Waals surface area contributed by atoms with Gasteiger partial charge in [0.1, 0.15) is 16.5 Å². The lowest BCUT2D eigenvalue weighted by molar-refractivity contribution is -0.108. The summed E-state index contributed by atoms with van der Waals surface area (Å²) in [6, 6.07) is 30.4. The number of alkyl halides is 2. The van der Waals surface area contributed by atoms with Crippen molar-refractivity contribution in [1.29, 1.82) is 0 Å². The number of urea groups is 1. The number of nitrogens with two attached hydrogens (primary N) is 1. The first-order chi connectivity index (χ1) is 18.3. The Morgan fingerprint density at radius 2 is 1.39 bits per heavy atom. The van der Waals surface area contributed by atoms with Gasteiger partial charge in [0.15, 0.2) is 0 Å². The average Bonchev–Trinajstić information content (AvgIpc) is 2.91. The van der Waals surface area contributed by atoms with Crippen molar-refractivity contribution in [3.05, 3.63) is 131 Å². The van der Waals surface area contributed by atoms with Crippen LogP contribution in [0.15, 0.2) is 108 Å². The molecule has 6 nitrogen and oxygen atoms in total. The number of halogens is 3. The van der Waals surface area contributed by atoms with E-state index in [1.54, 1.807) is 6.07 Å². The third-order valence-electron chi connectivity index (χ3n) is 6.42. The Labute approximate surface area is 223 Å². The van der Waals surface area contributed by atoms with E-state index in [0.29, 0.717) is 11.3 Å². The maximum Gasteiger partial charge on any atom is 0.345 e. The number of amidine groups is 1. The van der Waals surface area contributed by atoms with Crippen LogP contribution >= 0.6 is 11.6 Å². The molecule has 2 amide bonds. The molecule has 0 spiro atoms. The molecular formula is C29H24ClF2N5O. The summed E-state index contributed by atoms with van der Waals surface area (Å²) in [7, 11) is 0. The second-order valence-electron chi connectivity index (χ2n) is 9.02. The maximum atomic E-state index is 13.3. The predicted octanol–water partition coefficient (Wildman–Crippen LogP) is 5.92. The van der Waals surface area contributed by atoms with Crippen LogP contribution in [-0.2, 0) is 5.54 Å². The second kappa shape index (κ2) is 10.2. The van der Waals surface area contributed by atoms with Gasteiger partial charge in [0.25, 0.3) is 5.92 Å². The van der Waals surface area contributed by atoms with E-state index >= 15 is 0 Å². The number of likely N-dealkylation sites (tertiary alicyclic amines) is 1. The first-order valence-electron chi connectivity index (χ1n) is 11.9. The molecule has 192 valence electrons. The molecule has 1 saturated heterocycles. The fourth-order valence-electron chi connectivity index (χ4n) is 4.60. The van der Waals surface area contributed by atoms with E-state index in [-0.39, 0.29) is 11.0 Å². The minimum Gasteiger partial charge on any atom is -0.383 e. The Hall–Kier alpha value is -4.30. The normalized spacial score (nSPS) is 15.0. The molecule has 3 aromatic carbocycles. The van der Waals surface area contributed by atoms with Crippen molar-refractivity contribution in [1.82, 2.24) is 9.88 Å². The van der Waals surface area contributed by atoms with Crippen LogP contribution in [0.3, 0.4) is 0 Å². The van der Waals surface area contributed by atoms with E-state index in [0.717, 1.165) is 21.6 Å². The van der Waals surface area contributed by atoms with Gasteiger partial charge in [-0.25, -0.2) is 18.6 Å². The van der Waals surface area contributed by atoms with Crippen molar-refractivity contribution >= 4 is 29.2 Å². The fraction of sp³-hybridized carbons (Fsp3) is 0.138. The van der Waals surface area contributed by atoms with E-state index in [4.69, 9.17) is 17.3 Å². The number of aromatic nitrogens is 1. The summed E-state index contributed by atoms with van der Waals surface area (Å²) in [6.45, 7) is -1.38. The molecule has 4 aromatic rings. The zero-order chi connectivity index (χ0) is 26.8. The Kier molecular flexibility index (Phi) is 6.82. The quantitative estimate of drug-likeness (QED) is 0.140. The summed E-state index contributed by atoms with van der Waals surface area (Å²) in [6.07, 6.45) is 1.41. The van der Waals surface area contributed by atoms with Gasteiger partial charge in [0, 0.05) is 6.20 Å². The zero-order valence-electron chi connectivity index (χ0n) is 20.2. The number of nitrogens with zero attached hydrogens (tertiary/aromatic N) is 3. The lowest BCUT2D eigenvalue weighted by Gasteiger charge is -2.38. The van der Waals surface area contributed by atoms with Crippen LogP contribution < -0.4 is 11.1 Å². The van der Waals surface area contributed by atoms with Crippen LogP contribution in [0.4, 0.5) is 19.3 Å². The topological polar surface area (TPSA) is 83.6 Å². The monoisotopic (exact) mass is 531 g/mol. The third kappa shape index (κ3) is 4.95. The standard InChI is InChI=1S/C29H24ClF2N5O/c30-25-16-24(23(17-34-25)26(33)35-27(38)37-18-28(31,32)19-37)36-29(20-10-4-1-5-11-20,21-12-6-2-7-13-21)22-14-8-3-9-15-22/h1-17H,18-19H2,(H,34,36)(H2,33,35,38). The van der Waals surface area contributed by atoms with Crippen LogP contribution in [0.5, 0.6) is 0 Å². The number of rotatable bonds is 6. The molecule has 5 rings (SSSR count). The molecule has 0 aliphatic carbocycles. The highest BCUT2D eigenvalue weighted by Crippen LogP contribution is 2.41. The number of nitrogens with one attached hydrogen (secondary N) is 1. The van der Waals surface area contributed by atoms with Crippen LogP contribution in [0.25, 0.3) is 0 Å². The molecule has 38 heavy (non-hydrogen) atoms. The minimum absolute atomic E-state index is 0.167. The van der Waals surface area contributed by atoms with E-state index in [1.165, 1.54) is 6.20 Å². The van der Waals surface area contributed by atoms with Crippen molar-refractivity contribution in [3.8, 4) is 0 Å². The van der Waals surface area contributed by atoms with Gasteiger partial charge in [-0.2, -0.15) is 4.99 Å². The number of amides is 2. The summed E-state index contributed by atoms with van der Waals surface area (Å²) >= 11 is 6.32. The molecule has 2 heterocycles. The fourth-order valence-corrected chi connectivity index (χ4v) is 4.76. The molecule has 9 heteroatoms. The number of carbonyl (C=O) groups is 1. The van der Waals surface area contributed by atoms with E-state index < -0.39 is 30.6 Å². The lowest BCUT2D eigenvalue weighted by atomic mass is 9.76. The summed E-state index contributed by atoms with van der Waals surface area (Å²) in [5.74, 6) is -3.07. The Morgan fingerprint density at radius 3 is 1.84 bits per heavy atom. The van der Waals surface area contributed by atoms with Crippen molar-refractivity contribution < 1.29 is 13.6 Å². The van der Waals surface area contributed by atoms with Gasteiger partial charge in [-0.3, -0.25) is 0 Å². The van der Waals surface area contributed by atoms with Crippen molar-refractivity contribution in [2.24, 2.45) is 10.7 Å². The highest BCUT2D eigenvalue weighted by Gasteiger charge is 2.46. The Balaban J connectivity index is 1.65. The third-order valence-corrected chi connectivity index (χ3v) is 6.63. The van der Waals surface area contributed by atoms with Crippen LogP contribution in [-0.4, -0.2) is 40.8 Å². The highest BCUT2D eigenvalue weighted by molar-refractivity contribution is 6.29. The molecule has 0 saturated carbocycles. The van der Waals surface area contributed by atoms with Crippen molar-refractivity contribution in [2.75, 3.05) is 18.4 Å². The maximum absolute atomic E-state index is 13.3. The van der Waals surface area contributed by atoms with Gasteiger partial charge in [-0.1, -0.05) is 103 Å². The van der Waals surface area contributed by atoms with Crippen molar-refractivity contribution in [3.63, 3.8) is 0 Å². The predicted molar refractivity (Wildman–Crippen MR) is 145 cm³/mol. The van der Waals surface area contributed by atoms with E-state index in [1.807, 2.05) is 91.0 Å².